The Bertz CT molecular complexity index is 414. The van der Waals surface area contributed by atoms with E-state index in [9.17, 15) is 14.4 Å². The molecule has 0 bridgehead atoms. The first-order valence-corrected chi connectivity index (χ1v) is 5.10. The van der Waals surface area contributed by atoms with E-state index in [-0.39, 0.29) is 23.9 Å². The Morgan fingerprint density at radius 2 is 2.00 bits per heavy atom. The molecule has 0 spiro atoms. The number of carbonyl (C=O) groups is 3. The molecule has 0 aromatic carbocycles. The second-order valence-electron chi connectivity index (χ2n) is 4.08. The first-order valence-electron chi connectivity index (χ1n) is 5.10. The van der Waals surface area contributed by atoms with Crippen molar-refractivity contribution < 1.29 is 14.4 Å². The number of amidine groups is 1. The second-order valence-corrected chi connectivity index (χ2v) is 4.08. The maximum atomic E-state index is 11.8. The highest BCUT2D eigenvalue weighted by Crippen LogP contribution is 2.11. The molecule has 1 fully saturated rings. The van der Waals surface area contributed by atoms with Gasteiger partial charge in [0.1, 0.15) is 0 Å². The lowest BCUT2D eigenvalue weighted by Crippen LogP contribution is -2.59. The molecule has 0 aromatic heterocycles. The Morgan fingerprint density at radius 1 is 1.41 bits per heavy atom. The van der Waals surface area contributed by atoms with Gasteiger partial charge in [-0.3, -0.25) is 24.8 Å². The third-order valence-corrected chi connectivity index (χ3v) is 2.25. The van der Waals surface area contributed by atoms with Crippen LogP contribution in [0.25, 0.3) is 0 Å². The standard InChI is InChI=1S/C10H14N4O3/c1-6(2)4-14-8(11)7(12-5-15)9(16)13(3)10(14)17/h5-6,11H,4H2,1-3H3. The van der Waals surface area contributed by atoms with Crippen LogP contribution in [0.1, 0.15) is 13.8 Å². The monoisotopic (exact) mass is 238 g/mol. The number of nitrogens with zero attached hydrogens (tertiary/aromatic N) is 3. The van der Waals surface area contributed by atoms with Gasteiger partial charge >= 0.3 is 6.03 Å². The maximum Gasteiger partial charge on any atom is 0.332 e. The molecule has 1 saturated heterocycles. The van der Waals surface area contributed by atoms with Crippen molar-refractivity contribution in [3.8, 4) is 0 Å². The molecule has 0 aliphatic carbocycles. The average molecular weight is 238 g/mol. The summed E-state index contributed by atoms with van der Waals surface area (Å²) >= 11 is 0. The fourth-order valence-electron chi connectivity index (χ4n) is 1.46. The molecule has 7 nitrogen and oxygen atoms in total. The topological polar surface area (TPSA) is 93.9 Å². The van der Waals surface area contributed by atoms with Crippen LogP contribution in [0.4, 0.5) is 4.79 Å². The zero-order valence-electron chi connectivity index (χ0n) is 9.93. The Labute approximate surface area is 98.6 Å². The third-order valence-electron chi connectivity index (χ3n) is 2.25. The van der Waals surface area contributed by atoms with Crippen molar-refractivity contribution in [1.82, 2.24) is 9.80 Å². The number of rotatable bonds is 3. The molecule has 1 aliphatic heterocycles. The summed E-state index contributed by atoms with van der Waals surface area (Å²) in [7, 11) is 1.30. The first-order chi connectivity index (χ1) is 7.90. The molecule has 0 saturated carbocycles. The van der Waals surface area contributed by atoms with Crippen molar-refractivity contribution in [1.29, 1.82) is 5.41 Å². The number of hydrogen-bond donors (Lipinski definition) is 1. The second kappa shape index (κ2) is 4.86. The van der Waals surface area contributed by atoms with E-state index >= 15 is 0 Å². The van der Waals surface area contributed by atoms with Crippen LogP contribution in [0, 0.1) is 11.3 Å². The van der Waals surface area contributed by atoms with Gasteiger partial charge < -0.3 is 0 Å². The van der Waals surface area contributed by atoms with E-state index in [4.69, 9.17) is 5.41 Å². The number of nitrogens with one attached hydrogen (secondary N) is 1. The van der Waals surface area contributed by atoms with Gasteiger partial charge in [0.2, 0.25) is 6.41 Å². The van der Waals surface area contributed by atoms with Crippen LogP contribution in [-0.4, -0.2) is 53.3 Å². The number of urea groups is 1. The number of imide groups is 1. The molecule has 0 unspecified atom stereocenters. The minimum Gasteiger partial charge on any atom is -0.282 e. The van der Waals surface area contributed by atoms with Gasteiger partial charge in [0.15, 0.2) is 11.5 Å². The summed E-state index contributed by atoms with van der Waals surface area (Å²) in [6.07, 6.45) is 0.193. The van der Waals surface area contributed by atoms with E-state index in [0.29, 0.717) is 6.54 Å². The quantitative estimate of drug-likeness (QED) is 0.707. The lowest BCUT2D eigenvalue weighted by atomic mass is 10.1. The van der Waals surface area contributed by atoms with Gasteiger partial charge in [0, 0.05) is 13.6 Å². The summed E-state index contributed by atoms with van der Waals surface area (Å²) in [4.78, 5) is 39.0. The molecule has 92 valence electrons. The number of hydrogen-bond acceptors (Lipinski definition) is 4. The third kappa shape index (κ3) is 2.38. The summed E-state index contributed by atoms with van der Waals surface area (Å²) < 4.78 is 0. The molecule has 1 aliphatic rings. The number of carbonyl (C=O) groups excluding carboxylic acids is 3. The van der Waals surface area contributed by atoms with Crippen LogP contribution in [0.3, 0.4) is 0 Å². The SMILES string of the molecule is CC(C)CN1C(=N)C(=NC=O)C(=O)N(C)C1=O. The smallest absolute Gasteiger partial charge is 0.282 e. The lowest BCUT2D eigenvalue weighted by Gasteiger charge is -2.33. The molecule has 1 heterocycles. The predicted molar refractivity (Wildman–Crippen MR) is 60.9 cm³/mol. The van der Waals surface area contributed by atoms with Gasteiger partial charge in [-0.1, -0.05) is 13.8 Å². The van der Waals surface area contributed by atoms with Gasteiger partial charge in [-0.25, -0.2) is 9.79 Å². The lowest BCUT2D eigenvalue weighted by molar-refractivity contribution is -0.121. The van der Waals surface area contributed by atoms with E-state index in [2.05, 4.69) is 4.99 Å². The van der Waals surface area contributed by atoms with E-state index < -0.39 is 11.9 Å². The van der Waals surface area contributed by atoms with Gasteiger partial charge in [0.05, 0.1) is 0 Å². The van der Waals surface area contributed by atoms with Crippen molar-refractivity contribution in [3.63, 3.8) is 0 Å². The van der Waals surface area contributed by atoms with Gasteiger partial charge in [-0.2, -0.15) is 0 Å². The van der Waals surface area contributed by atoms with Crippen LogP contribution in [0.5, 0.6) is 0 Å². The Morgan fingerprint density at radius 3 is 2.47 bits per heavy atom. The minimum atomic E-state index is -0.730. The molecule has 4 amide bonds. The van der Waals surface area contributed by atoms with Crippen LogP contribution in [0.15, 0.2) is 4.99 Å². The highest BCUT2D eigenvalue weighted by atomic mass is 16.2. The van der Waals surface area contributed by atoms with Crippen LogP contribution in [-0.2, 0) is 9.59 Å². The molecule has 0 radical (unpaired) electrons. The summed E-state index contributed by atoms with van der Waals surface area (Å²) in [5.41, 5.74) is -0.303. The van der Waals surface area contributed by atoms with Crippen molar-refractivity contribution in [2.24, 2.45) is 10.9 Å². The molecule has 7 heteroatoms. The van der Waals surface area contributed by atoms with E-state index in [1.807, 2.05) is 13.8 Å². The van der Waals surface area contributed by atoms with Crippen molar-refractivity contribution in [3.05, 3.63) is 0 Å². The predicted octanol–water partition coefficient (Wildman–Crippen LogP) is 0.111. The van der Waals surface area contributed by atoms with Crippen molar-refractivity contribution >= 4 is 29.9 Å². The Hall–Kier alpha value is -2.05. The summed E-state index contributed by atoms with van der Waals surface area (Å²) in [6.45, 7) is 4.06. The molecule has 17 heavy (non-hydrogen) atoms. The van der Waals surface area contributed by atoms with E-state index in [1.165, 1.54) is 7.05 Å². The zero-order valence-corrected chi connectivity index (χ0v) is 9.93. The number of aliphatic imine (C=N–C) groups is 1. The minimum absolute atomic E-state index is 0.137. The van der Waals surface area contributed by atoms with Crippen LogP contribution >= 0.6 is 0 Å². The highest BCUT2D eigenvalue weighted by molar-refractivity contribution is 6.69. The Kier molecular flexibility index (Phi) is 3.72. The van der Waals surface area contributed by atoms with Gasteiger partial charge in [-0.05, 0) is 5.92 Å². The van der Waals surface area contributed by atoms with Crippen molar-refractivity contribution in [2.75, 3.05) is 13.6 Å². The normalized spacial score (nSPS) is 19.5. The molecular formula is C10H14N4O3. The van der Waals surface area contributed by atoms with Gasteiger partial charge in [0.25, 0.3) is 5.91 Å². The molecule has 1 rings (SSSR count). The van der Waals surface area contributed by atoms with E-state index in [0.717, 1.165) is 9.80 Å². The summed E-state index contributed by atoms with van der Waals surface area (Å²) in [5, 5.41) is 7.72. The molecular weight excluding hydrogens is 224 g/mol. The van der Waals surface area contributed by atoms with Gasteiger partial charge in [-0.15, -0.1) is 0 Å². The van der Waals surface area contributed by atoms with Crippen molar-refractivity contribution in [2.45, 2.75) is 13.8 Å². The highest BCUT2D eigenvalue weighted by Gasteiger charge is 2.38. The first kappa shape index (κ1) is 13.0. The largest absolute Gasteiger partial charge is 0.332 e. The molecule has 1 N–H and O–H groups in total. The van der Waals surface area contributed by atoms with Crippen LogP contribution < -0.4 is 0 Å². The molecule has 0 atom stereocenters. The summed E-state index contributed by atoms with van der Waals surface area (Å²) in [5.74, 6) is -0.913. The zero-order chi connectivity index (χ0) is 13.2. The maximum absolute atomic E-state index is 11.8. The fraction of sp³-hybridized carbons (Fsp3) is 0.500. The summed E-state index contributed by atoms with van der Waals surface area (Å²) in [6, 6.07) is -0.571. The Balaban J connectivity index is 3.12. The van der Waals surface area contributed by atoms with Crippen LogP contribution in [0.2, 0.25) is 0 Å². The average Bonchev–Trinajstić information content (AvgIpc) is 2.27. The van der Waals surface area contributed by atoms with E-state index in [1.54, 1.807) is 0 Å². The fourth-order valence-corrected chi connectivity index (χ4v) is 1.46. The number of amides is 4. The molecule has 0 aromatic rings.